The van der Waals surface area contributed by atoms with Gasteiger partial charge >= 0.3 is 5.97 Å². The van der Waals surface area contributed by atoms with Gasteiger partial charge in [-0.05, 0) is 76.6 Å². The van der Waals surface area contributed by atoms with E-state index in [1.807, 2.05) is 17.0 Å². The number of nitrogens with two attached hydrogens (primary N) is 1. The molecule has 0 atom stereocenters. The number of carbonyl (C=O) groups excluding carboxylic acids is 2. The summed E-state index contributed by atoms with van der Waals surface area (Å²) < 4.78 is 26.1. The van der Waals surface area contributed by atoms with Gasteiger partial charge in [-0.2, -0.15) is 0 Å². The van der Waals surface area contributed by atoms with Crippen LogP contribution in [0.5, 0.6) is 23.1 Å². The van der Waals surface area contributed by atoms with Gasteiger partial charge in [-0.1, -0.05) is 7.43 Å². The lowest BCUT2D eigenvalue weighted by molar-refractivity contribution is 0.0599. The summed E-state index contributed by atoms with van der Waals surface area (Å²) in [6, 6.07) is 17.5. The molecule has 0 aromatic carbocycles. The van der Waals surface area contributed by atoms with E-state index in [0.717, 1.165) is 5.69 Å². The summed E-state index contributed by atoms with van der Waals surface area (Å²) in [6.07, 6.45) is 30.1. The molecule has 0 spiro atoms. The highest BCUT2D eigenvalue weighted by Crippen LogP contribution is 2.33. The first-order chi connectivity index (χ1) is 40.6. The Morgan fingerprint density at radius 3 is 1.40 bits per heavy atom. The molecular formula is C55H57BrN20O8. The smallest absolute Gasteiger partial charge is 0.339 e. The van der Waals surface area contributed by atoms with Crippen LogP contribution in [0.1, 0.15) is 39.5 Å². The maximum absolute atomic E-state index is 11.6. The summed E-state index contributed by atoms with van der Waals surface area (Å²) in [4.78, 5) is 88.2. The van der Waals surface area contributed by atoms with Gasteiger partial charge in [-0.15, -0.1) is 0 Å². The number of halogens is 1. The van der Waals surface area contributed by atoms with Gasteiger partial charge in [0.1, 0.15) is 11.6 Å². The average Bonchev–Trinajstić information content (AvgIpc) is 3.74. The predicted molar refractivity (Wildman–Crippen MR) is 312 cm³/mol. The van der Waals surface area contributed by atoms with Crippen LogP contribution in [0.2, 0.25) is 0 Å². The zero-order valence-electron chi connectivity index (χ0n) is 45.0. The Bertz CT molecular complexity index is 3360. The van der Waals surface area contributed by atoms with Crippen molar-refractivity contribution >= 4 is 68.5 Å². The molecule has 1 amide bonds. The fraction of sp³-hybridized carbons (Fsp3) is 0.145. The van der Waals surface area contributed by atoms with Crippen LogP contribution < -0.4 is 45.3 Å². The fourth-order valence-electron chi connectivity index (χ4n) is 6.57. The van der Waals surface area contributed by atoms with Crippen LogP contribution in [0.15, 0.2) is 183 Å². The van der Waals surface area contributed by atoms with Crippen molar-refractivity contribution in [1.82, 2.24) is 80.2 Å². The zero-order chi connectivity index (χ0) is 59.0. The summed E-state index contributed by atoms with van der Waals surface area (Å²) in [5.74, 6) is 5.36. The van der Waals surface area contributed by atoms with Crippen LogP contribution in [-0.4, -0.2) is 127 Å². The number of hydrogen-bond acceptors (Lipinski definition) is 27. The fourth-order valence-corrected chi connectivity index (χ4v) is 6.95. The first-order valence-corrected chi connectivity index (χ1v) is 24.9. The van der Waals surface area contributed by atoms with Crippen LogP contribution in [0.25, 0.3) is 0 Å². The molecule has 0 aliphatic heterocycles. The molecule has 432 valence electrons. The maximum Gasteiger partial charge on any atom is 0.339 e. The SMILES string of the molecule is C.COC(=O)c1ccc(CN(c2cnccn2)c2ncccc2OC)nc1.COc1cccnc1N(Cc1ccc(C(=O)NO)cn1)c1cnccn1.COc1cccnc1Nc1cnccn1.COc1nccnc1Br.Nc1cnccn1. The van der Waals surface area contributed by atoms with E-state index in [1.165, 1.54) is 25.7 Å². The van der Waals surface area contributed by atoms with Gasteiger partial charge in [0.05, 0.1) is 95.9 Å². The minimum absolute atomic E-state index is 0. The molecule has 10 heterocycles. The molecule has 0 radical (unpaired) electrons. The number of methoxy groups -OCH3 is 5. The number of aromatic nitrogens is 15. The van der Waals surface area contributed by atoms with E-state index >= 15 is 0 Å². The number of carbonyl (C=O) groups is 2. The summed E-state index contributed by atoms with van der Waals surface area (Å²) in [7, 11) is 7.63. The standard InChI is InChI=1S/C18H17N5O3.C17H16N6O3.C10H10N4O.C5H5BrN2O.C4H5N3.CH4/c1-25-15-4-3-7-21-17(15)23(16-11-19-8-9-20-16)12-14-6-5-13(10-22-14)18(24)26-2;1-26-14-3-2-6-20-16(14)23(15-10-18-7-8-19-15)11-13-5-4-12(9-21-13)17(24)22-25;1-15-8-3-2-4-13-10(8)14-9-7-11-5-6-12-9;1-9-5-4(6)7-2-3-8-5;5-4-3-6-1-2-7-4;/h3-11H,12H2,1-2H3;2-10,25H,11H2,1H3,(H,22,24);2-7H,1H3,(H,12,13,14);2-3H,1H3;1-3H,(H2,5,7);1H4. The second-order valence-electron chi connectivity index (χ2n) is 15.6. The molecule has 5 N–H and O–H groups in total. The molecule has 0 aliphatic rings. The van der Waals surface area contributed by atoms with E-state index in [9.17, 15) is 9.59 Å². The number of nitrogen functional groups attached to an aromatic ring is 1. The predicted octanol–water partition coefficient (Wildman–Crippen LogP) is 7.70. The number of esters is 1. The summed E-state index contributed by atoms with van der Waals surface area (Å²) in [6.45, 7) is 0.695. The summed E-state index contributed by atoms with van der Waals surface area (Å²) >= 11 is 3.16. The number of pyridine rings is 5. The number of anilines is 7. The van der Waals surface area contributed by atoms with Gasteiger partial charge in [-0.3, -0.25) is 39.9 Å². The first kappa shape index (κ1) is 63.8. The number of amides is 1. The number of hydroxylamine groups is 1. The van der Waals surface area contributed by atoms with Gasteiger partial charge in [0.2, 0.25) is 5.88 Å². The Balaban J connectivity index is 0.000000207. The van der Waals surface area contributed by atoms with Crippen molar-refractivity contribution < 1.29 is 38.5 Å². The molecule has 10 rings (SSSR count). The average molecular weight is 1210 g/mol. The van der Waals surface area contributed by atoms with E-state index < -0.39 is 11.9 Å². The minimum Gasteiger partial charge on any atom is -0.493 e. The van der Waals surface area contributed by atoms with Crippen molar-refractivity contribution in [3.63, 3.8) is 0 Å². The highest BCUT2D eigenvalue weighted by Gasteiger charge is 2.20. The molecule has 10 aromatic rings. The van der Waals surface area contributed by atoms with Crippen LogP contribution in [0, 0.1) is 0 Å². The van der Waals surface area contributed by atoms with Crippen molar-refractivity contribution in [3.8, 4) is 23.1 Å². The summed E-state index contributed by atoms with van der Waals surface area (Å²) in [5.41, 5.74) is 8.78. The Kier molecular flexibility index (Phi) is 26.4. The van der Waals surface area contributed by atoms with Crippen molar-refractivity contribution in [3.05, 3.63) is 206 Å². The molecule has 0 saturated carbocycles. The second kappa shape index (κ2) is 34.8. The molecule has 10 aromatic heterocycles. The van der Waals surface area contributed by atoms with Crippen molar-refractivity contribution in [2.24, 2.45) is 0 Å². The summed E-state index contributed by atoms with van der Waals surface area (Å²) in [5, 5.41) is 11.7. The highest BCUT2D eigenvalue weighted by molar-refractivity contribution is 9.10. The third kappa shape index (κ3) is 19.6. The van der Waals surface area contributed by atoms with E-state index in [4.69, 9.17) is 34.6 Å². The number of nitrogens with zero attached hydrogens (tertiary/aromatic N) is 17. The Morgan fingerprint density at radius 1 is 0.512 bits per heavy atom. The van der Waals surface area contributed by atoms with E-state index in [2.05, 4.69) is 96.0 Å². The van der Waals surface area contributed by atoms with Gasteiger partial charge in [0.15, 0.2) is 50.9 Å². The van der Waals surface area contributed by atoms with E-state index in [1.54, 1.807) is 186 Å². The van der Waals surface area contributed by atoms with Crippen molar-refractivity contribution in [1.29, 1.82) is 0 Å². The number of nitrogens with one attached hydrogen (secondary N) is 2. The number of rotatable bonds is 16. The van der Waals surface area contributed by atoms with Crippen LogP contribution in [0.4, 0.5) is 40.7 Å². The Labute approximate surface area is 490 Å². The van der Waals surface area contributed by atoms with E-state index in [-0.39, 0.29) is 13.0 Å². The third-order valence-corrected chi connectivity index (χ3v) is 10.9. The van der Waals surface area contributed by atoms with Crippen LogP contribution in [-0.2, 0) is 17.8 Å². The number of hydrogen-bond donors (Lipinski definition) is 4. The monoisotopic (exact) mass is 1200 g/mol. The first-order valence-electron chi connectivity index (χ1n) is 24.1. The zero-order valence-corrected chi connectivity index (χ0v) is 46.6. The van der Waals surface area contributed by atoms with E-state index in [0.29, 0.717) is 92.8 Å². The molecule has 28 nitrogen and oxygen atoms in total. The largest absolute Gasteiger partial charge is 0.493 e. The van der Waals surface area contributed by atoms with Gasteiger partial charge in [0, 0.05) is 93.0 Å². The van der Waals surface area contributed by atoms with Crippen LogP contribution >= 0.6 is 15.9 Å². The number of ether oxygens (including phenoxy) is 5. The van der Waals surface area contributed by atoms with Crippen LogP contribution in [0.3, 0.4) is 0 Å². The van der Waals surface area contributed by atoms with Crippen molar-refractivity contribution in [2.75, 3.05) is 56.4 Å². The molecule has 0 fully saturated rings. The molecule has 29 heteroatoms. The molecule has 84 heavy (non-hydrogen) atoms. The van der Waals surface area contributed by atoms with Gasteiger partial charge in [-0.25, -0.2) is 55.1 Å². The van der Waals surface area contributed by atoms with Gasteiger partial charge < -0.3 is 44.5 Å². The third-order valence-electron chi connectivity index (χ3n) is 10.4. The maximum atomic E-state index is 11.6. The molecular weight excluding hydrogens is 1150 g/mol. The molecule has 0 aliphatic carbocycles. The Morgan fingerprint density at radius 2 is 1.00 bits per heavy atom. The second-order valence-corrected chi connectivity index (χ2v) is 16.4. The highest BCUT2D eigenvalue weighted by atomic mass is 79.9. The lowest BCUT2D eigenvalue weighted by Crippen LogP contribution is -2.21. The minimum atomic E-state index is -0.624. The topological polar surface area (TPSA) is 350 Å². The quantitative estimate of drug-likeness (QED) is 0.0409. The van der Waals surface area contributed by atoms with Crippen molar-refractivity contribution in [2.45, 2.75) is 20.5 Å². The Hall–Kier alpha value is -11.1. The molecule has 0 saturated heterocycles. The molecule has 0 unspecified atom stereocenters. The normalized spacial score (nSPS) is 9.75. The lowest BCUT2D eigenvalue weighted by atomic mass is 10.2. The van der Waals surface area contributed by atoms with Gasteiger partial charge in [0.25, 0.3) is 5.91 Å². The molecule has 0 bridgehead atoms. The lowest BCUT2D eigenvalue weighted by Gasteiger charge is -2.23.